The molecule has 4 rings (SSSR count). The summed E-state index contributed by atoms with van der Waals surface area (Å²) in [4.78, 5) is 32.9. The van der Waals surface area contributed by atoms with Crippen LogP contribution >= 0.6 is 24.0 Å². The van der Waals surface area contributed by atoms with Crippen LogP contribution in [0.25, 0.3) is 11.7 Å². The lowest BCUT2D eigenvalue weighted by Gasteiger charge is -2.13. The molecule has 1 N–H and O–H groups in total. The Morgan fingerprint density at radius 1 is 1.15 bits per heavy atom. The number of fused-ring (bicyclic) bond motifs is 1. The number of hydrogen-bond donors (Lipinski definition) is 1. The summed E-state index contributed by atoms with van der Waals surface area (Å²) in [7, 11) is 3.18. The van der Waals surface area contributed by atoms with Crippen LogP contribution in [-0.4, -0.2) is 51.9 Å². The molecule has 2 aromatic heterocycles. The Kier molecular flexibility index (Phi) is 7.30. The van der Waals surface area contributed by atoms with Crippen molar-refractivity contribution in [2.75, 3.05) is 32.7 Å². The van der Waals surface area contributed by atoms with Gasteiger partial charge in [-0.15, -0.1) is 0 Å². The van der Waals surface area contributed by atoms with E-state index in [1.54, 1.807) is 32.6 Å². The van der Waals surface area contributed by atoms with Crippen molar-refractivity contribution >= 4 is 51.7 Å². The Morgan fingerprint density at radius 2 is 1.91 bits per heavy atom. The maximum Gasteiger partial charge on any atom is 0.267 e. The number of carbonyl (C=O) groups excluding carboxylic acids is 1. The fraction of sp³-hybridized carbons (Fsp3) is 0.250. The molecule has 10 heteroatoms. The number of thiocarbonyl (C=S) groups is 1. The lowest BCUT2D eigenvalue weighted by atomic mass is 10.2. The van der Waals surface area contributed by atoms with Crippen molar-refractivity contribution in [3.63, 3.8) is 0 Å². The fourth-order valence-electron chi connectivity index (χ4n) is 3.46. The molecule has 1 aliphatic rings. The Bertz CT molecular complexity index is 1340. The van der Waals surface area contributed by atoms with Crippen LogP contribution in [0.1, 0.15) is 16.7 Å². The standard InChI is InChI=1S/C24H24N4O4S2/c1-15-4-9-20-26-21(25-13-16-5-7-17(32-3)8-6-16)18(22(29)28(20)14-15)12-19-23(30)27(10-11-31-2)24(33)34-19/h4-9,12,14,25H,10-11,13H2,1-3H3. The third kappa shape index (κ3) is 4.98. The van der Waals surface area contributed by atoms with Crippen LogP contribution < -0.4 is 15.6 Å². The predicted octanol–water partition coefficient (Wildman–Crippen LogP) is 3.47. The number of methoxy groups -OCH3 is 2. The molecule has 176 valence electrons. The molecule has 1 fully saturated rings. The highest BCUT2D eigenvalue weighted by molar-refractivity contribution is 8.26. The highest BCUT2D eigenvalue weighted by Gasteiger charge is 2.32. The van der Waals surface area contributed by atoms with E-state index in [9.17, 15) is 9.59 Å². The Morgan fingerprint density at radius 3 is 2.62 bits per heavy atom. The average Bonchev–Trinajstić information content (AvgIpc) is 3.11. The number of nitrogens with one attached hydrogen (secondary N) is 1. The molecule has 0 atom stereocenters. The summed E-state index contributed by atoms with van der Waals surface area (Å²) in [6, 6.07) is 11.3. The molecule has 0 saturated carbocycles. The zero-order valence-corrected chi connectivity index (χ0v) is 20.7. The number of aryl methyl sites for hydroxylation is 1. The number of benzene rings is 1. The molecule has 1 aliphatic heterocycles. The summed E-state index contributed by atoms with van der Waals surface area (Å²) in [5.74, 6) is 0.908. The summed E-state index contributed by atoms with van der Waals surface area (Å²) < 4.78 is 12.2. The molecule has 0 unspecified atom stereocenters. The van der Waals surface area contributed by atoms with Gasteiger partial charge in [0.25, 0.3) is 11.5 Å². The predicted molar refractivity (Wildman–Crippen MR) is 138 cm³/mol. The average molecular weight is 497 g/mol. The molecule has 0 aliphatic carbocycles. The van der Waals surface area contributed by atoms with Crippen molar-refractivity contribution < 1.29 is 14.3 Å². The molecule has 3 aromatic rings. The molecule has 0 spiro atoms. The minimum absolute atomic E-state index is 0.248. The summed E-state index contributed by atoms with van der Waals surface area (Å²) in [5.41, 5.74) is 2.45. The van der Waals surface area contributed by atoms with E-state index in [1.807, 2.05) is 37.3 Å². The van der Waals surface area contributed by atoms with Crippen molar-refractivity contribution in [2.45, 2.75) is 13.5 Å². The second kappa shape index (κ2) is 10.4. The first-order valence-corrected chi connectivity index (χ1v) is 11.8. The molecule has 0 radical (unpaired) electrons. The first-order chi connectivity index (χ1) is 16.4. The number of hydrogen-bond acceptors (Lipinski definition) is 8. The quantitative estimate of drug-likeness (QED) is 0.375. The number of amides is 1. The van der Waals surface area contributed by atoms with Crippen molar-refractivity contribution in [1.82, 2.24) is 14.3 Å². The lowest BCUT2D eigenvalue weighted by molar-refractivity contribution is -0.122. The van der Waals surface area contributed by atoms with Gasteiger partial charge in [-0.1, -0.05) is 42.2 Å². The summed E-state index contributed by atoms with van der Waals surface area (Å²) in [5, 5.41) is 3.26. The van der Waals surface area contributed by atoms with Gasteiger partial charge in [0.15, 0.2) is 0 Å². The van der Waals surface area contributed by atoms with E-state index in [0.717, 1.165) is 16.9 Å². The molecule has 1 saturated heterocycles. The minimum atomic E-state index is -0.270. The SMILES string of the molecule is COCCN1C(=O)C(=Cc2c(NCc3ccc(OC)cc3)nc3ccc(C)cn3c2=O)SC1=S. The van der Waals surface area contributed by atoms with E-state index in [-0.39, 0.29) is 11.5 Å². The number of aromatic nitrogens is 2. The third-order valence-electron chi connectivity index (χ3n) is 5.29. The van der Waals surface area contributed by atoms with E-state index < -0.39 is 0 Å². The topological polar surface area (TPSA) is 85.2 Å². The first-order valence-electron chi connectivity index (χ1n) is 10.6. The van der Waals surface area contributed by atoms with Gasteiger partial charge in [0, 0.05) is 19.9 Å². The number of carbonyl (C=O) groups is 1. The van der Waals surface area contributed by atoms with Gasteiger partial charge in [0.2, 0.25) is 0 Å². The maximum atomic E-state index is 13.5. The van der Waals surface area contributed by atoms with Gasteiger partial charge in [-0.25, -0.2) is 4.98 Å². The van der Waals surface area contributed by atoms with Crippen LogP contribution in [0.2, 0.25) is 0 Å². The number of anilines is 1. The Hall–Kier alpha value is -3.21. The van der Waals surface area contributed by atoms with Crippen molar-refractivity contribution in [3.05, 3.63) is 74.5 Å². The van der Waals surface area contributed by atoms with Crippen molar-refractivity contribution in [1.29, 1.82) is 0 Å². The van der Waals surface area contributed by atoms with Crippen molar-refractivity contribution in [3.8, 4) is 5.75 Å². The largest absolute Gasteiger partial charge is 0.497 e. The second-order valence-corrected chi connectivity index (χ2v) is 9.32. The smallest absolute Gasteiger partial charge is 0.267 e. The molecule has 1 aromatic carbocycles. The molecule has 3 heterocycles. The Labute approximate surface area is 206 Å². The molecular formula is C24H24N4O4S2. The van der Waals surface area contributed by atoms with E-state index in [4.69, 9.17) is 21.7 Å². The summed E-state index contributed by atoms with van der Waals surface area (Å²) in [6.07, 6.45) is 3.31. The summed E-state index contributed by atoms with van der Waals surface area (Å²) in [6.45, 7) is 3.07. The zero-order chi connectivity index (χ0) is 24.2. The van der Waals surface area contributed by atoms with Gasteiger partial charge in [-0.3, -0.25) is 18.9 Å². The van der Waals surface area contributed by atoms with Gasteiger partial charge in [0.1, 0.15) is 21.5 Å². The van der Waals surface area contributed by atoms with E-state index in [2.05, 4.69) is 10.3 Å². The van der Waals surface area contributed by atoms with Gasteiger partial charge < -0.3 is 14.8 Å². The van der Waals surface area contributed by atoms with Crippen LogP contribution in [0.4, 0.5) is 5.82 Å². The van der Waals surface area contributed by atoms with Crippen LogP contribution in [0, 0.1) is 6.92 Å². The first kappa shape index (κ1) is 23.9. The normalized spacial score (nSPS) is 14.9. The number of nitrogens with zero attached hydrogens (tertiary/aromatic N) is 3. The second-order valence-electron chi connectivity index (χ2n) is 7.64. The van der Waals surface area contributed by atoms with Gasteiger partial charge >= 0.3 is 0 Å². The number of ether oxygens (including phenoxy) is 2. The highest BCUT2D eigenvalue weighted by Crippen LogP contribution is 2.33. The van der Waals surface area contributed by atoms with Crippen LogP contribution in [0.15, 0.2) is 52.3 Å². The number of pyridine rings is 1. The van der Waals surface area contributed by atoms with E-state index in [1.165, 1.54) is 21.1 Å². The number of thioether (sulfide) groups is 1. The van der Waals surface area contributed by atoms with Crippen LogP contribution in [-0.2, 0) is 16.1 Å². The summed E-state index contributed by atoms with van der Waals surface area (Å²) >= 11 is 6.53. The van der Waals surface area contributed by atoms with Crippen LogP contribution in [0.5, 0.6) is 5.75 Å². The van der Waals surface area contributed by atoms with Crippen LogP contribution in [0.3, 0.4) is 0 Å². The fourth-order valence-corrected chi connectivity index (χ4v) is 4.75. The highest BCUT2D eigenvalue weighted by atomic mass is 32.2. The molecule has 34 heavy (non-hydrogen) atoms. The van der Waals surface area contributed by atoms with Gasteiger partial charge in [0.05, 0.1) is 30.7 Å². The van der Waals surface area contributed by atoms with Gasteiger partial charge in [-0.2, -0.15) is 0 Å². The zero-order valence-electron chi connectivity index (χ0n) is 19.0. The minimum Gasteiger partial charge on any atom is -0.497 e. The molecule has 1 amide bonds. The maximum absolute atomic E-state index is 13.5. The molecule has 8 nitrogen and oxygen atoms in total. The number of rotatable bonds is 8. The van der Waals surface area contributed by atoms with Crippen molar-refractivity contribution in [2.24, 2.45) is 0 Å². The molecule has 0 bridgehead atoms. The monoisotopic (exact) mass is 496 g/mol. The Balaban J connectivity index is 1.73. The molecular weight excluding hydrogens is 472 g/mol. The van der Waals surface area contributed by atoms with E-state index >= 15 is 0 Å². The third-order valence-corrected chi connectivity index (χ3v) is 6.67. The van der Waals surface area contributed by atoms with E-state index in [0.29, 0.717) is 46.0 Å². The van der Waals surface area contributed by atoms with Gasteiger partial charge in [-0.05, 0) is 42.3 Å². The lowest BCUT2D eigenvalue weighted by Crippen LogP contribution is -2.31.